The second-order valence-corrected chi connectivity index (χ2v) is 3.22. The highest BCUT2D eigenvalue weighted by Crippen LogP contribution is 2.24. The summed E-state index contributed by atoms with van der Waals surface area (Å²) in [6, 6.07) is 6.38. The van der Waals surface area contributed by atoms with Gasteiger partial charge in [0.15, 0.2) is 6.10 Å². The van der Waals surface area contributed by atoms with E-state index >= 15 is 0 Å². The van der Waals surface area contributed by atoms with Crippen molar-refractivity contribution < 1.29 is 15.0 Å². The summed E-state index contributed by atoms with van der Waals surface area (Å²) < 4.78 is 0. The van der Waals surface area contributed by atoms with E-state index in [1.165, 1.54) is 6.07 Å². The van der Waals surface area contributed by atoms with Crippen LogP contribution >= 0.6 is 11.6 Å². The summed E-state index contributed by atoms with van der Waals surface area (Å²) in [4.78, 5) is 10.6. The highest BCUT2D eigenvalue weighted by molar-refractivity contribution is 6.31. The topological polar surface area (TPSA) is 83.6 Å². The Morgan fingerprint density at radius 2 is 1.93 bits per heavy atom. The molecule has 0 heterocycles. The molecule has 76 valence electrons. The summed E-state index contributed by atoms with van der Waals surface area (Å²) in [6.07, 6.45) is -3.03. The smallest absolute Gasteiger partial charge is 0.249 e. The number of halogens is 1. The quantitative estimate of drug-likeness (QED) is 0.675. The molecule has 4 nitrogen and oxygen atoms in total. The van der Waals surface area contributed by atoms with E-state index in [0.29, 0.717) is 0 Å². The van der Waals surface area contributed by atoms with Gasteiger partial charge in [-0.15, -0.1) is 0 Å². The highest BCUT2D eigenvalue weighted by Gasteiger charge is 2.24. The van der Waals surface area contributed by atoms with Crippen LogP contribution in [0.25, 0.3) is 0 Å². The predicted octanol–water partition coefficient (Wildman–Crippen LogP) is 0.220. The molecule has 14 heavy (non-hydrogen) atoms. The Balaban J connectivity index is 2.94. The van der Waals surface area contributed by atoms with Crippen molar-refractivity contribution in [2.45, 2.75) is 12.2 Å². The van der Waals surface area contributed by atoms with Gasteiger partial charge in [0.25, 0.3) is 0 Å². The molecule has 1 amide bonds. The van der Waals surface area contributed by atoms with E-state index < -0.39 is 18.1 Å². The van der Waals surface area contributed by atoms with Crippen LogP contribution in [0.4, 0.5) is 0 Å². The third kappa shape index (κ3) is 2.23. The molecule has 0 fully saturated rings. The summed E-state index contributed by atoms with van der Waals surface area (Å²) in [6.45, 7) is 0. The van der Waals surface area contributed by atoms with E-state index in [4.69, 9.17) is 17.3 Å². The molecule has 1 rings (SSSR count). The minimum Gasteiger partial charge on any atom is -0.385 e. The lowest BCUT2D eigenvalue weighted by Crippen LogP contribution is -2.33. The molecule has 0 aliphatic carbocycles. The van der Waals surface area contributed by atoms with Crippen LogP contribution in [-0.2, 0) is 4.79 Å². The first kappa shape index (κ1) is 11.0. The Hall–Kier alpha value is -1.10. The van der Waals surface area contributed by atoms with Crippen LogP contribution < -0.4 is 5.73 Å². The average Bonchev–Trinajstić information content (AvgIpc) is 2.16. The monoisotopic (exact) mass is 215 g/mol. The standard InChI is InChI=1S/C9H10ClNO3/c10-6-4-2-1-3-5(6)7(12)8(13)9(11)14/h1-4,7-8,12-13H,(H2,11,14). The van der Waals surface area contributed by atoms with Crippen LogP contribution in [0, 0.1) is 0 Å². The first-order chi connectivity index (χ1) is 6.54. The Morgan fingerprint density at radius 3 is 2.43 bits per heavy atom. The van der Waals surface area contributed by atoms with Crippen molar-refractivity contribution in [1.29, 1.82) is 0 Å². The number of aliphatic hydroxyl groups is 2. The van der Waals surface area contributed by atoms with Crippen molar-refractivity contribution in [3.8, 4) is 0 Å². The van der Waals surface area contributed by atoms with Crippen molar-refractivity contribution in [3.63, 3.8) is 0 Å². The molecular formula is C9H10ClNO3. The highest BCUT2D eigenvalue weighted by atomic mass is 35.5. The van der Waals surface area contributed by atoms with E-state index in [0.717, 1.165) is 0 Å². The summed E-state index contributed by atoms with van der Waals surface area (Å²) in [5.41, 5.74) is 5.11. The molecule has 1 aromatic carbocycles. The molecule has 1 aromatic rings. The molecule has 2 atom stereocenters. The van der Waals surface area contributed by atoms with Crippen molar-refractivity contribution in [3.05, 3.63) is 34.9 Å². The van der Waals surface area contributed by atoms with Crippen LogP contribution in [0.1, 0.15) is 11.7 Å². The maximum absolute atomic E-state index is 10.6. The second-order valence-electron chi connectivity index (χ2n) is 2.81. The number of hydrogen-bond donors (Lipinski definition) is 3. The normalized spacial score (nSPS) is 14.8. The van der Waals surface area contributed by atoms with Gasteiger partial charge in [-0.1, -0.05) is 29.8 Å². The molecule has 0 spiro atoms. The maximum atomic E-state index is 10.6. The molecule has 0 bridgehead atoms. The zero-order valence-corrected chi connectivity index (χ0v) is 7.98. The van der Waals surface area contributed by atoms with Crippen molar-refractivity contribution in [2.75, 3.05) is 0 Å². The van der Waals surface area contributed by atoms with Gasteiger partial charge < -0.3 is 15.9 Å². The van der Waals surface area contributed by atoms with Crippen LogP contribution in [0.3, 0.4) is 0 Å². The van der Waals surface area contributed by atoms with Gasteiger partial charge in [-0.2, -0.15) is 0 Å². The first-order valence-electron chi connectivity index (χ1n) is 3.94. The second kappa shape index (κ2) is 4.41. The third-order valence-corrected chi connectivity index (χ3v) is 2.16. The largest absolute Gasteiger partial charge is 0.385 e. The summed E-state index contributed by atoms with van der Waals surface area (Å²) >= 11 is 5.74. The number of hydrogen-bond acceptors (Lipinski definition) is 3. The lowest BCUT2D eigenvalue weighted by molar-refractivity contribution is -0.131. The molecule has 0 saturated heterocycles. The van der Waals surface area contributed by atoms with E-state index in [1.54, 1.807) is 18.2 Å². The van der Waals surface area contributed by atoms with Gasteiger partial charge in [0.05, 0.1) is 0 Å². The van der Waals surface area contributed by atoms with Gasteiger partial charge in [0.2, 0.25) is 5.91 Å². The van der Waals surface area contributed by atoms with Crippen molar-refractivity contribution >= 4 is 17.5 Å². The molecule has 0 aromatic heterocycles. The summed E-state index contributed by atoms with van der Waals surface area (Å²) in [5, 5.41) is 19.0. The number of carbonyl (C=O) groups is 1. The number of amides is 1. The average molecular weight is 216 g/mol. The SMILES string of the molecule is NC(=O)C(O)C(O)c1ccccc1Cl. The van der Waals surface area contributed by atoms with Gasteiger partial charge in [-0.3, -0.25) is 4.79 Å². The third-order valence-electron chi connectivity index (χ3n) is 1.81. The lowest BCUT2D eigenvalue weighted by Gasteiger charge is -2.15. The molecule has 0 aliphatic heterocycles. The van der Waals surface area contributed by atoms with Gasteiger partial charge >= 0.3 is 0 Å². The minimum atomic E-state index is -1.64. The lowest BCUT2D eigenvalue weighted by atomic mass is 10.0. The fourth-order valence-electron chi connectivity index (χ4n) is 1.04. The van der Waals surface area contributed by atoms with Gasteiger partial charge in [0, 0.05) is 10.6 Å². The van der Waals surface area contributed by atoms with Crippen LogP contribution in [0.5, 0.6) is 0 Å². The molecular weight excluding hydrogens is 206 g/mol. The van der Waals surface area contributed by atoms with Gasteiger partial charge in [-0.25, -0.2) is 0 Å². The minimum absolute atomic E-state index is 0.278. The first-order valence-corrected chi connectivity index (χ1v) is 4.31. The molecule has 0 saturated carbocycles. The predicted molar refractivity (Wildman–Crippen MR) is 51.6 cm³/mol. The molecule has 4 N–H and O–H groups in total. The number of nitrogens with two attached hydrogens (primary N) is 1. The number of rotatable bonds is 3. The van der Waals surface area contributed by atoms with Crippen molar-refractivity contribution in [1.82, 2.24) is 0 Å². The van der Waals surface area contributed by atoms with E-state index in [9.17, 15) is 15.0 Å². The number of primary amides is 1. The van der Waals surface area contributed by atoms with E-state index in [-0.39, 0.29) is 10.6 Å². The van der Waals surface area contributed by atoms with Crippen LogP contribution in [-0.4, -0.2) is 22.2 Å². The van der Waals surface area contributed by atoms with Crippen LogP contribution in [0.2, 0.25) is 5.02 Å². The van der Waals surface area contributed by atoms with E-state index in [1.807, 2.05) is 0 Å². The Bertz CT molecular complexity index is 343. The molecule has 0 radical (unpaired) electrons. The van der Waals surface area contributed by atoms with Crippen molar-refractivity contribution in [2.24, 2.45) is 5.73 Å². The Labute approximate surface area is 85.9 Å². The number of carbonyl (C=O) groups excluding carboxylic acids is 1. The van der Waals surface area contributed by atoms with E-state index in [2.05, 4.69) is 0 Å². The van der Waals surface area contributed by atoms with Gasteiger partial charge in [-0.05, 0) is 6.07 Å². The maximum Gasteiger partial charge on any atom is 0.249 e. The number of aliphatic hydroxyl groups excluding tert-OH is 2. The zero-order chi connectivity index (χ0) is 10.7. The van der Waals surface area contributed by atoms with Gasteiger partial charge in [0.1, 0.15) is 6.10 Å². The molecule has 0 aliphatic rings. The fraction of sp³-hybridized carbons (Fsp3) is 0.222. The summed E-state index contributed by atoms with van der Waals surface area (Å²) in [5.74, 6) is -0.989. The Morgan fingerprint density at radius 1 is 1.36 bits per heavy atom. The Kier molecular flexibility index (Phi) is 3.46. The number of benzene rings is 1. The zero-order valence-electron chi connectivity index (χ0n) is 7.22. The van der Waals surface area contributed by atoms with Crippen LogP contribution in [0.15, 0.2) is 24.3 Å². The fourth-order valence-corrected chi connectivity index (χ4v) is 1.29. The molecule has 2 unspecified atom stereocenters. The molecule has 5 heteroatoms. The summed E-state index contributed by atoms with van der Waals surface area (Å²) in [7, 11) is 0.